The Morgan fingerprint density at radius 3 is 2.37 bits per heavy atom. The molecule has 2 aromatic heterocycles. The second-order valence-electron chi connectivity index (χ2n) is 7.81. The Bertz CT molecular complexity index is 1150. The van der Waals surface area contributed by atoms with E-state index >= 15 is 0 Å². The summed E-state index contributed by atoms with van der Waals surface area (Å²) in [6.45, 7) is 3.20. The molecule has 1 N–H and O–H groups in total. The van der Waals surface area contributed by atoms with Crippen molar-refractivity contribution in [2.24, 2.45) is 0 Å². The number of fused-ring (bicyclic) bond motifs is 1. The molecule has 1 aliphatic heterocycles. The first-order valence-corrected chi connectivity index (χ1v) is 10.7. The van der Waals surface area contributed by atoms with Gasteiger partial charge in [-0.2, -0.15) is 5.10 Å². The van der Waals surface area contributed by atoms with Crippen molar-refractivity contribution >= 4 is 11.5 Å². The second kappa shape index (κ2) is 7.92. The zero-order valence-corrected chi connectivity index (χ0v) is 17.2. The topological polar surface area (TPSA) is 53.7 Å². The lowest BCUT2D eigenvalue weighted by atomic mass is 10.0. The van der Waals surface area contributed by atoms with Crippen LogP contribution in [0.5, 0.6) is 0 Å². The minimum absolute atomic E-state index is 0.123. The minimum Gasteiger partial charge on any atom is -0.394 e. The van der Waals surface area contributed by atoms with Crippen LogP contribution in [-0.2, 0) is 6.42 Å². The molecule has 152 valence electrons. The first kappa shape index (κ1) is 18.8. The van der Waals surface area contributed by atoms with Crippen molar-refractivity contribution in [2.45, 2.75) is 32.2 Å². The molecule has 3 heterocycles. The quantitative estimate of drug-likeness (QED) is 0.534. The summed E-state index contributed by atoms with van der Waals surface area (Å²) in [5.41, 5.74) is 6.28. The lowest BCUT2D eigenvalue weighted by Gasteiger charge is -2.25. The first-order valence-electron chi connectivity index (χ1n) is 10.7. The van der Waals surface area contributed by atoms with Crippen LogP contribution >= 0.6 is 0 Å². The van der Waals surface area contributed by atoms with E-state index in [2.05, 4.69) is 66.4 Å². The minimum atomic E-state index is 0.123. The number of aromatic nitrogens is 3. The van der Waals surface area contributed by atoms with Gasteiger partial charge >= 0.3 is 0 Å². The van der Waals surface area contributed by atoms with Gasteiger partial charge in [0.2, 0.25) is 0 Å². The Morgan fingerprint density at radius 1 is 1.00 bits per heavy atom. The molecule has 2 aromatic carbocycles. The number of nitrogens with zero attached hydrogens (tertiary/aromatic N) is 4. The molecule has 5 nitrogen and oxygen atoms in total. The van der Waals surface area contributed by atoms with E-state index in [1.807, 2.05) is 16.6 Å². The molecule has 1 fully saturated rings. The van der Waals surface area contributed by atoms with Crippen molar-refractivity contribution in [3.8, 4) is 22.4 Å². The van der Waals surface area contributed by atoms with E-state index in [1.54, 1.807) is 0 Å². The average molecular weight is 399 g/mol. The summed E-state index contributed by atoms with van der Waals surface area (Å²) in [5, 5.41) is 14.9. The number of aliphatic hydroxyl groups is 1. The van der Waals surface area contributed by atoms with Crippen molar-refractivity contribution in [1.29, 1.82) is 0 Å². The van der Waals surface area contributed by atoms with Gasteiger partial charge in [-0.3, -0.25) is 0 Å². The number of hydrogen-bond donors (Lipinski definition) is 1. The van der Waals surface area contributed by atoms with Gasteiger partial charge in [-0.05, 0) is 24.8 Å². The van der Waals surface area contributed by atoms with Crippen LogP contribution in [0.3, 0.4) is 0 Å². The third-order valence-corrected chi connectivity index (χ3v) is 6.00. The fraction of sp³-hybridized carbons (Fsp3) is 0.280. The molecular weight excluding hydrogens is 372 g/mol. The van der Waals surface area contributed by atoms with E-state index in [0.717, 1.165) is 65.4 Å². The number of aryl methyl sites for hydroxylation is 1. The highest BCUT2D eigenvalue weighted by Crippen LogP contribution is 2.34. The van der Waals surface area contributed by atoms with E-state index in [0.29, 0.717) is 0 Å². The molecule has 0 aliphatic carbocycles. The van der Waals surface area contributed by atoms with E-state index in [1.165, 1.54) is 0 Å². The summed E-state index contributed by atoms with van der Waals surface area (Å²) in [6, 6.07) is 23.0. The molecule has 0 amide bonds. The Morgan fingerprint density at radius 2 is 1.70 bits per heavy atom. The van der Waals surface area contributed by atoms with Crippen molar-refractivity contribution in [1.82, 2.24) is 14.6 Å². The summed E-state index contributed by atoms with van der Waals surface area (Å²) >= 11 is 0. The Kier molecular flexibility index (Phi) is 4.97. The monoisotopic (exact) mass is 398 g/mol. The summed E-state index contributed by atoms with van der Waals surface area (Å²) in [4.78, 5) is 7.35. The normalized spacial score (nSPS) is 16.5. The van der Waals surface area contributed by atoms with Gasteiger partial charge in [-0.1, -0.05) is 67.6 Å². The fourth-order valence-electron chi connectivity index (χ4n) is 4.49. The van der Waals surface area contributed by atoms with E-state index < -0.39 is 0 Å². The highest BCUT2D eigenvalue weighted by Gasteiger charge is 2.27. The molecule has 0 spiro atoms. The van der Waals surface area contributed by atoms with Gasteiger partial charge in [-0.15, -0.1) is 0 Å². The zero-order valence-electron chi connectivity index (χ0n) is 17.2. The predicted molar refractivity (Wildman–Crippen MR) is 121 cm³/mol. The standard InChI is InChI=1S/C25H26N4O/c1-2-21-24(19-12-7-4-8-13-19)25-26-23(28-15-9-14-20(28)17-30)16-22(29(25)27-21)18-10-5-3-6-11-18/h3-8,10-13,16,20,30H,2,9,14-15,17H2,1H3/t20-/m0/s1. The average Bonchev–Trinajstić information content (AvgIpc) is 3.43. The van der Waals surface area contributed by atoms with Gasteiger partial charge in [0.1, 0.15) is 5.82 Å². The maximum atomic E-state index is 9.89. The van der Waals surface area contributed by atoms with Crippen LogP contribution in [0.15, 0.2) is 66.7 Å². The van der Waals surface area contributed by atoms with Gasteiger partial charge < -0.3 is 10.0 Å². The molecule has 0 radical (unpaired) electrons. The maximum absolute atomic E-state index is 9.89. The molecule has 1 saturated heterocycles. The molecule has 1 atom stereocenters. The Balaban J connectivity index is 1.81. The van der Waals surface area contributed by atoms with E-state index in [4.69, 9.17) is 10.1 Å². The van der Waals surface area contributed by atoms with Crippen LogP contribution < -0.4 is 4.90 Å². The third kappa shape index (κ3) is 3.15. The molecule has 4 aromatic rings. The van der Waals surface area contributed by atoms with E-state index in [9.17, 15) is 5.11 Å². The molecular formula is C25H26N4O. The van der Waals surface area contributed by atoms with Crippen molar-refractivity contribution in [3.05, 3.63) is 72.4 Å². The van der Waals surface area contributed by atoms with Gasteiger partial charge in [0, 0.05) is 23.7 Å². The van der Waals surface area contributed by atoms with Crippen LogP contribution in [0, 0.1) is 0 Å². The SMILES string of the molecule is CCc1nn2c(-c3ccccc3)cc(N3CCC[C@H]3CO)nc2c1-c1ccccc1. The fourth-order valence-corrected chi connectivity index (χ4v) is 4.49. The molecule has 0 saturated carbocycles. The Hall–Kier alpha value is -3.18. The third-order valence-electron chi connectivity index (χ3n) is 6.00. The van der Waals surface area contributed by atoms with Crippen LogP contribution in [0.25, 0.3) is 28.0 Å². The van der Waals surface area contributed by atoms with Crippen LogP contribution in [0.2, 0.25) is 0 Å². The zero-order chi connectivity index (χ0) is 20.5. The number of rotatable bonds is 5. The number of benzene rings is 2. The highest BCUT2D eigenvalue weighted by atomic mass is 16.3. The maximum Gasteiger partial charge on any atom is 0.166 e. The number of hydrogen-bond acceptors (Lipinski definition) is 4. The smallest absolute Gasteiger partial charge is 0.166 e. The van der Waals surface area contributed by atoms with Crippen LogP contribution in [0.4, 0.5) is 5.82 Å². The molecule has 5 rings (SSSR count). The number of aliphatic hydroxyl groups excluding tert-OH is 1. The number of anilines is 1. The van der Waals surface area contributed by atoms with Gasteiger partial charge in [-0.25, -0.2) is 9.50 Å². The second-order valence-corrected chi connectivity index (χ2v) is 7.81. The molecule has 30 heavy (non-hydrogen) atoms. The van der Waals surface area contributed by atoms with Crippen molar-refractivity contribution in [3.63, 3.8) is 0 Å². The summed E-state index contributed by atoms with van der Waals surface area (Å²) in [7, 11) is 0. The molecule has 0 bridgehead atoms. The van der Waals surface area contributed by atoms with E-state index in [-0.39, 0.29) is 12.6 Å². The first-order chi connectivity index (χ1) is 14.8. The summed E-state index contributed by atoms with van der Waals surface area (Å²) in [6.07, 6.45) is 2.90. The van der Waals surface area contributed by atoms with Gasteiger partial charge in [0.25, 0.3) is 0 Å². The lowest BCUT2D eigenvalue weighted by Crippen LogP contribution is -2.32. The molecule has 0 unspecified atom stereocenters. The van der Waals surface area contributed by atoms with Crippen molar-refractivity contribution < 1.29 is 5.11 Å². The Labute approximate surface area is 176 Å². The largest absolute Gasteiger partial charge is 0.394 e. The van der Waals surface area contributed by atoms with Gasteiger partial charge in [0.05, 0.1) is 24.0 Å². The molecule has 5 heteroatoms. The van der Waals surface area contributed by atoms with Gasteiger partial charge in [0.15, 0.2) is 5.65 Å². The highest BCUT2D eigenvalue weighted by molar-refractivity contribution is 5.83. The predicted octanol–water partition coefficient (Wildman–Crippen LogP) is 4.59. The lowest BCUT2D eigenvalue weighted by molar-refractivity contribution is 0.266. The molecule has 1 aliphatic rings. The van der Waals surface area contributed by atoms with Crippen LogP contribution in [0.1, 0.15) is 25.5 Å². The van der Waals surface area contributed by atoms with Crippen LogP contribution in [-0.4, -0.2) is 38.9 Å². The van der Waals surface area contributed by atoms with Crippen molar-refractivity contribution in [2.75, 3.05) is 18.1 Å². The summed E-state index contributed by atoms with van der Waals surface area (Å²) < 4.78 is 1.99. The summed E-state index contributed by atoms with van der Waals surface area (Å²) in [5.74, 6) is 0.914.